The zero-order valence-corrected chi connectivity index (χ0v) is 8.33. The van der Waals surface area contributed by atoms with Crippen molar-refractivity contribution in [2.75, 3.05) is 19.9 Å². The number of aliphatic hydroxyl groups is 1. The summed E-state index contributed by atoms with van der Waals surface area (Å²) in [4.78, 5) is 0. The van der Waals surface area contributed by atoms with E-state index < -0.39 is 12.8 Å². The Hall–Kier alpha value is -1.43. The Balaban J connectivity index is 2.78. The maximum Gasteiger partial charge on any atom is 0.427 e. The summed E-state index contributed by atoms with van der Waals surface area (Å²) in [5, 5.41) is 8.52. The Morgan fingerprint density at radius 2 is 1.81 bits per heavy atom. The van der Waals surface area contributed by atoms with E-state index in [1.807, 2.05) is 0 Å². The van der Waals surface area contributed by atoms with Crippen LogP contribution in [0.25, 0.3) is 0 Å². The van der Waals surface area contributed by atoms with Crippen molar-refractivity contribution in [1.29, 1.82) is 0 Å². The third-order valence-corrected chi connectivity index (χ3v) is 1.61. The first-order chi connectivity index (χ1) is 7.59. The second-order valence-corrected chi connectivity index (χ2v) is 2.89. The number of halogens is 3. The van der Waals surface area contributed by atoms with E-state index in [2.05, 4.69) is 4.74 Å². The van der Waals surface area contributed by atoms with Crippen molar-refractivity contribution in [2.24, 2.45) is 0 Å². The van der Waals surface area contributed by atoms with E-state index in [0.29, 0.717) is 0 Å². The molecule has 1 N–H and O–H groups in total. The van der Waals surface area contributed by atoms with Crippen molar-refractivity contribution in [2.45, 2.75) is 6.11 Å². The molecule has 0 spiro atoms. The van der Waals surface area contributed by atoms with Crippen LogP contribution in [0.3, 0.4) is 0 Å². The lowest BCUT2D eigenvalue weighted by molar-refractivity contribution is -0.187. The van der Waals surface area contributed by atoms with E-state index in [9.17, 15) is 13.2 Å². The van der Waals surface area contributed by atoms with Gasteiger partial charge in [0, 0.05) is 0 Å². The molecule has 0 bridgehead atoms. The van der Waals surface area contributed by atoms with Crippen molar-refractivity contribution < 1.29 is 27.8 Å². The molecular weight excluding hydrogens is 225 g/mol. The molecule has 1 aromatic rings. The molecule has 0 amide bonds. The van der Waals surface area contributed by atoms with Crippen LogP contribution in [-0.2, 0) is 0 Å². The molecule has 0 aliphatic rings. The molecule has 1 aromatic carbocycles. The van der Waals surface area contributed by atoms with Gasteiger partial charge >= 0.3 is 6.11 Å². The maximum atomic E-state index is 12.6. The summed E-state index contributed by atoms with van der Waals surface area (Å²) in [5.41, 5.74) is 0. The topological polar surface area (TPSA) is 38.7 Å². The molecule has 6 heteroatoms. The lowest BCUT2D eigenvalue weighted by Crippen LogP contribution is -2.27. The highest BCUT2D eigenvalue weighted by Gasteiger charge is 2.32. The van der Waals surface area contributed by atoms with Gasteiger partial charge < -0.3 is 14.6 Å². The molecule has 0 fully saturated rings. The summed E-state index contributed by atoms with van der Waals surface area (Å²) < 4.78 is 46.3. The molecule has 0 unspecified atom stereocenters. The highest BCUT2D eigenvalue weighted by molar-refractivity contribution is 5.39. The van der Waals surface area contributed by atoms with Gasteiger partial charge in [0.1, 0.15) is 6.61 Å². The molecule has 0 atom stereocenters. The number of para-hydroxylation sites is 2. The predicted octanol–water partition coefficient (Wildman–Crippen LogP) is 2.00. The summed E-state index contributed by atoms with van der Waals surface area (Å²) in [5.74, 6) is -0.233. The SMILES string of the molecule is OCCOc1ccccc1OC(F)(F)CF. The predicted molar refractivity (Wildman–Crippen MR) is 50.6 cm³/mol. The number of ether oxygens (including phenoxy) is 2. The van der Waals surface area contributed by atoms with E-state index in [4.69, 9.17) is 9.84 Å². The van der Waals surface area contributed by atoms with Crippen LogP contribution < -0.4 is 9.47 Å². The van der Waals surface area contributed by atoms with Crippen LogP contribution in [0, 0.1) is 0 Å². The third-order valence-electron chi connectivity index (χ3n) is 1.61. The van der Waals surface area contributed by atoms with Crippen LogP contribution in [0.2, 0.25) is 0 Å². The van der Waals surface area contributed by atoms with Crippen molar-refractivity contribution in [1.82, 2.24) is 0 Å². The lowest BCUT2D eigenvalue weighted by atomic mass is 10.3. The molecular formula is C10H11F3O3. The van der Waals surface area contributed by atoms with Gasteiger partial charge in [0.25, 0.3) is 0 Å². The van der Waals surface area contributed by atoms with Gasteiger partial charge in [-0.15, -0.1) is 0 Å². The highest BCUT2D eigenvalue weighted by atomic mass is 19.3. The van der Waals surface area contributed by atoms with Crippen molar-refractivity contribution >= 4 is 0 Å². The monoisotopic (exact) mass is 236 g/mol. The first kappa shape index (κ1) is 12.6. The summed E-state index contributed by atoms with van der Waals surface area (Å²) in [6, 6.07) is 5.62. The minimum atomic E-state index is -3.88. The quantitative estimate of drug-likeness (QED) is 0.821. The first-order valence-electron chi connectivity index (χ1n) is 4.54. The van der Waals surface area contributed by atoms with Gasteiger partial charge in [-0.25, -0.2) is 4.39 Å². The van der Waals surface area contributed by atoms with E-state index in [1.165, 1.54) is 18.2 Å². The zero-order valence-electron chi connectivity index (χ0n) is 8.33. The fraction of sp³-hybridized carbons (Fsp3) is 0.400. The maximum absolute atomic E-state index is 12.6. The number of hydrogen-bond acceptors (Lipinski definition) is 3. The molecule has 3 nitrogen and oxygen atoms in total. The molecule has 0 saturated carbocycles. The molecule has 0 aromatic heterocycles. The van der Waals surface area contributed by atoms with Crippen molar-refractivity contribution in [3.63, 3.8) is 0 Å². The fourth-order valence-corrected chi connectivity index (χ4v) is 0.997. The Labute approximate surface area is 90.4 Å². The zero-order chi connectivity index (χ0) is 12.0. The van der Waals surface area contributed by atoms with Crippen LogP contribution in [0.15, 0.2) is 24.3 Å². The molecule has 0 aliphatic heterocycles. The molecule has 0 aliphatic carbocycles. The summed E-state index contributed by atoms with van der Waals surface area (Å²) in [6.07, 6.45) is -3.88. The third kappa shape index (κ3) is 3.62. The first-order valence-corrected chi connectivity index (χ1v) is 4.54. The highest BCUT2D eigenvalue weighted by Crippen LogP contribution is 2.31. The average molecular weight is 236 g/mol. The van der Waals surface area contributed by atoms with Crippen LogP contribution in [0.4, 0.5) is 13.2 Å². The molecule has 90 valence electrons. The molecule has 0 heterocycles. The lowest BCUT2D eigenvalue weighted by Gasteiger charge is -2.17. The molecule has 0 saturated heterocycles. The standard InChI is InChI=1S/C10H11F3O3/c11-7-10(12,13)16-9-4-2-1-3-8(9)15-6-5-14/h1-4,14H,5-7H2. The van der Waals surface area contributed by atoms with Gasteiger partial charge in [0.2, 0.25) is 0 Å². The minimum Gasteiger partial charge on any atom is -0.487 e. The van der Waals surface area contributed by atoms with Gasteiger partial charge in [-0.2, -0.15) is 8.78 Å². The number of aliphatic hydroxyl groups excluding tert-OH is 1. The average Bonchev–Trinajstić information content (AvgIpc) is 2.27. The van der Waals surface area contributed by atoms with E-state index in [0.717, 1.165) is 0 Å². The van der Waals surface area contributed by atoms with Crippen LogP contribution in [0.1, 0.15) is 0 Å². The van der Waals surface area contributed by atoms with Crippen LogP contribution in [0.5, 0.6) is 11.5 Å². The smallest absolute Gasteiger partial charge is 0.427 e. The largest absolute Gasteiger partial charge is 0.487 e. The Kier molecular flexibility index (Phi) is 4.42. The van der Waals surface area contributed by atoms with Gasteiger partial charge in [0.05, 0.1) is 6.61 Å². The number of alkyl halides is 3. The van der Waals surface area contributed by atoms with E-state index >= 15 is 0 Å². The summed E-state index contributed by atoms with van der Waals surface area (Å²) in [7, 11) is 0. The summed E-state index contributed by atoms with van der Waals surface area (Å²) in [6.45, 7) is -2.23. The van der Waals surface area contributed by atoms with Crippen molar-refractivity contribution in [3.05, 3.63) is 24.3 Å². The minimum absolute atomic E-state index is 0.0321. The number of hydrogen-bond donors (Lipinski definition) is 1. The fourth-order valence-electron chi connectivity index (χ4n) is 0.997. The Bertz CT molecular complexity index is 331. The van der Waals surface area contributed by atoms with Gasteiger partial charge in [0.15, 0.2) is 18.2 Å². The van der Waals surface area contributed by atoms with Gasteiger partial charge in [-0.05, 0) is 12.1 Å². The van der Waals surface area contributed by atoms with E-state index in [-0.39, 0.29) is 24.7 Å². The van der Waals surface area contributed by atoms with Crippen LogP contribution in [-0.4, -0.2) is 31.1 Å². The number of rotatable bonds is 6. The van der Waals surface area contributed by atoms with Gasteiger partial charge in [-0.1, -0.05) is 12.1 Å². The molecule has 1 rings (SSSR count). The van der Waals surface area contributed by atoms with Crippen LogP contribution >= 0.6 is 0 Å². The normalized spacial score (nSPS) is 11.2. The molecule has 0 radical (unpaired) electrons. The second-order valence-electron chi connectivity index (χ2n) is 2.89. The van der Waals surface area contributed by atoms with E-state index in [1.54, 1.807) is 6.07 Å². The number of benzene rings is 1. The summed E-state index contributed by atoms with van der Waals surface area (Å²) >= 11 is 0. The van der Waals surface area contributed by atoms with Crippen molar-refractivity contribution in [3.8, 4) is 11.5 Å². The van der Waals surface area contributed by atoms with Gasteiger partial charge in [-0.3, -0.25) is 0 Å². The second kappa shape index (κ2) is 5.60. The molecule has 16 heavy (non-hydrogen) atoms. The Morgan fingerprint density at radius 3 is 2.38 bits per heavy atom. The Morgan fingerprint density at radius 1 is 1.19 bits per heavy atom.